The lowest BCUT2D eigenvalue weighted by atomic mass is 9.74. The van der Waals surface area contributed by atoms with Crippen molar-refractivity contribution in [3.63, 3.8) is 0 Å². The normalized spacial score (nSPS) is 20.7. The monoisotopic (exact) mass is 304 g/mol. The molecule has 116 valence electrons. The third-order valence-electron chi connectivity index (χ3n) is 3.97. The quantitative estimate of drug-likeness (QED) is 0.684. The second-order valence-corrected chi connectivity index (χ2v) is 7.32. The summed E-state index contributed by atoms with van der Waals surface area (Å²) in [5, 5.41) is 14.5. The van der Waals surface area contributed by atoms with Crippen LogP contribution in [0, 0.1) is 5.41 Å². The van der Waals surface area contributed by atoms with Crippen LogP contribution in [0.5, 0.6) is 0 Å². The summed E-state index contributed by atoms with van der Waals surface area (Å²) in [5.41, 5.74) is -0.825. The van der Waals surface area contributed by atoms with E-state index >= 15 is 0 Å². The smallest absolute Gasteiger partial charge is 0.314 e. The summed E-state index contributed by atoms with van der Waals surface area (Å²) in [4.78, 5) is 23.1. The molecule has 0 saturated heterocycles. The fourth-order valence-corrected chi connectivity index (χ4v) is 2.68. The molecule has 2 atom stereocenters. The molecule has 2 unspecified atom stereocenters. The lowest BCUT2D eigenvalue weighted by Gasteiger charge is -2.33. The summed E-state index contributed by atoms with van der Waals surface area (Å²) in [6.07, 6.45) is 5.64. The molecule has 0 aromatic carbocycles. The van der Waals surface area contributed by atoms with Gasteiger partial charge in [-0.15, -0.1) is 0 Å². The molecule has 1 aliphatic carbocycles. The van der Waals surface area contributed by atoms with Crippen molar-refractivity contribution in [1.82, 2.24) is 10.6 Å². The molecule has 0 spiro atoms. The van der Waals surface area contributed by atoms with Gasteiger partial charge in [-0.05, 0) is 19.8 Å². The number of nitrogens with one attached hydrogen (secondary N) is 2. The highest BCUT2D eigenvalue weighted by atomic mass is 32.2. The Labute approximate surface area is 122 Å². The van der Waals surface area contributed by atoms with Crippen molar-refractivity contribution < 1.29 is 18.9 Å². The second-order valence-electron chi connectivity index (χ2n) is 5.52. The summed E-state index contributed by atoms with van der Waals surface area (Å²) in [6.45, 7) is 2.25. The van der Waals surface area contributed by atoms with Gasteiger partial charge in [0.1, 0.15) is 0 Å². The van der Waals surface area contributed by atoms with Crippen molar-refractivity contribution in [3.05, 3.63) is 0 Å². The van der Waals surface area contributed by atoms with Crippen LogP contribution in [0.1, 0.15) is 39.0 Å². The van der Waals surface area contributed by atoms with E-state index in [2.05, 4.69) is 10.6 Å². The number of carbonyl (C=O) groups excluding carboxylic acids is 1. The molecule has 1 aliphatic rings. The molecule has 0 aliphatic heterocycles. The molecule has 0 bridgehead atoms. The topological polar surface area (TPSA) is 95.5 Å². The van der Waals surface area contributed by atoms with Gasteiger partial charge in [0.25, 0.3) is 0 Å². The zero-order chi connectivity index (χ0) is 15.2. The molecular formula is C13H24N2O4S. The lowest BCUT2D eigenvalue weighted by Crippen LogP contribution is -2.48. The Kier molecular flexibility index (Phi) is 6.45. The Morgan fingerprint density at radius 2 is 1.85 bits per heavy atom. The maximum atomic E-state index is 11.7. The number of rotatable bonds is 6. The zero-order valence-corrected chi connectivity index (χ0v) is 12.9. The van der Waals surface area contributed by atoms with Crippen molar-refractivity contribution in [3.8, 4) is 0 Å². The minimum Gasteiger partial charge on any atom is -0.481 e. The molecule has 7 heteroatoms. The molecule has 3 N–H and O–H groups in total. The van der Waals surface area contributed by atoms with Crippen LogP contribution in [0.2, 0.25) is 0 Å². The first-order valence-corrected chi connectivity index (χ1v) is 8.57. The predicted molar refractivity (Wildman–Crippen MR) is 78.1 cm³/mol. The molecule has 1 fully saturated rings. The predicted octanol–water partition coefficient (Wildman–Crippen LogP) is 1.09. The Morgan fingerprint density at radius 3 is 2.35 bits per heavy atom. The lowest BCUT2D eigenvalue weighted by molar-refractivity contribution is -0.150. The van der Waals surface area contributed by atoms with E-state index in [0.717, 1.165) is 19.3 Å². The number of hydrogen-bond donors (Lipinski definition) is 3. The Balaban J connectivity index is 2.41. The summed E-state index contributed by atoms with van der Waals surface area (Å²) >= 11 is 0. The number of carboxylic acid groups (broad SMARTS) is 1. The van der Waals surface area contributed by atoms with E-state index in [1.54, 1.807) is 13.2 Å². The highest BCUT2D eigenvalue weighted by molar-refractivity contribution is 7.84. The molecule has 0 radical (unpaired) electrons. The van der Waals surface area contributed by atoms with E-state index in [1.807, 2.05) is 0 Å². The molecule has 2 amide bonds. The molecule has 6 nitrogen and oxygen atoms in total. The van der Waals surface area contributed by atoms with E-state index in [9.17, 15) is 18.9 Å². The second kappa shape index (κ2) is 7.61. The third kappa shape index (κ3) is 4.77. The largest absolute Gasteiger partial charge is 0.481 e. The fraction of sp³-hybridized carbons (Fsp3) is 0.846. The summed E-state index contributed by atoms with van der Waals surface area (Å²) < 4.78 is 11.2. The van der Waals surface area contributed by atoms with Gasteiger partial charge in [-0.25, -0.2) is 4.79 Å². The number of carbonyl (C=O) groups is 2. The minimum absolute atomic E-state index is 0.121. The van der Waals surface area contributed by atoms with Crippen molar-refractivity contribution in [2.45, 2.75) is 44.3 Å². The number of aliphatic carboxylic acids is 1. The van der Waals surface area contributed by atoms with Crippen LogP contribution in [-0.4, -0.2) is 45.9 Å². The average Bonchev–Trinajstić information content (AvgIpc) is 2.43. The molecule has 1 saturated carbocycles. The SMILES string of the molecule is CC(CNC(=O)NCC1(C(=O)O)CCCCC1)S(C)=O. The van der Waals surface area contributed by atoms with Gasteiger partial charge < -0.3 is 15.7 Å². The highest BCUT2D eigenvalue weighted by Gasteiger charge is 2.39. The van der Waals surface area contributed by atoms with E-state index in [1.165, 1.54) is 0 Å². The highest BCUT2D eigenvalue weighted by Crippen LogP contribution is 2.35. The molecule has 0 aromatic heterocycles. The van der Waals surface area contributed by atoms with Gasteiger partial charge in [0.15, 0.2) is 0 Å². The Hall–Kier alpha value is -1.11. The van der Waals surface area contributed by atoms with Crippen LogP contribution >= 0.6 is 0 Å². The maximum absolute atomic E-state index is 11.7. The van der Waals surface area contributed by atoms with Gasteiger partial charge in [0, 0.05) is 35.4 Å². The van der Waals surface area contributed by atoms with Crippen LogP contribution in [0.4, 0.5) is 4.79 Å². The van der Waals surface area contributed by atoms with Gasteiger partial charge in [0.2, 0.25) is 0 Å². The number of amides is 2. The van der Waals surface area contributed by atoms with Gasteiger partial charge in [-0.2, -0.15) is 0 Å². The van der Waals surface area contributed by atoms with Crippen molar-refractivity contribution in [1.29, 1.82) is 0 Å². The summed E-state index contributed by atoms with van der Waals surface area (Å²) in [7, 11) is -0.987. The van der Waals surface area contributed by atoms with Crippen LogP contribution in [-0.2, 0) is 15.6 Å². The van der Waals surface area contributed by atoms with E-state index < -0.39 is 28.2 Å². The van der Waals surface area contributed by atoms with Crippen molar-refractivity contribution in [2.75, 3.05) is 19.3 Å². The van der Waals surface area contributed by atoms with E-state index in [0.29, 0.717) is 19.4 Å². The Bertz CT molecular complexity index is 381. The molecule has 0 aromatic rings. The Morgan fingerprint density at radius 1 is 1.25 bits per heavy atom. The molecular weight excluding hydrogens is 280 g/mol. The van der Waals surface area contributed by atoms with Crippen LogP contribution in [0.25, 0.3) is 0 Å². The number of carboxylic acids is 1. The minimum atomic E-state index is -0.987. The summed E-state index contributed by atoms with van der Waals surface area (Å²) in [5.74, 6) is -0.833. The van der Waals surface area contributed by atoms with Gasteiger partial charge in [-0.3, -0.25) is 9.00 Å². The maximum Gasteiger partial charge on any atom is 0.314 e. The summed E-state index contributed by atoms with van der Waals surface area (Å²) in [6, 6.07) is -0.395. The number of urea groups is 1. The fourth-order valence-electron chi connectivity index (χ4n) is 2.36. The first-order chi connectivity index (χ1) is 9.37. The van der Waals surface area contributed by atoms with Crippen LogP contribution in [0.3, 0.4) is 0 Å². The van der Waals surface area contributed by atoms with Gasteiger partial charge >= 0.3 is 12.0 Å². The average molecular weight is 304 g/mol. The van der Waals surface area contributed by atoms with Crippen molar-refractivity contribution in [2.24, 2.45) is 5.41 Å². The number of hydrogen-bond acceptors (Lipinski definition) is 3. The first-order valence-electron chi connectivity index (χ1n) is 6.95. The first kappa shape index (κ1) is 16.9. The third-order valence-corrected chi connectivity index (χ3v) is 5.27. The molecule has 1 rings (SSSR count). The van der Waals surface area contributed by atoms with Crippen LogP contribution < -0.4 is 10.6 Å². The van der Waals surface area contributed by atoms with Gasteiger partial charge in [0.05, 0.1) is 5.41 Å². The standard InChI is InChI=1S/C13H24N2O4S/c1-10(20(2)19)8-14-12(18)15-9-13(11(16)17)6-4-3-5-7-13/h10H,3-9H2,1-2H3,(H,16,17)(H2,14,15,18). The van der Waals surface area contributed by atoms with Crippen LogP contribution in [0.15, 0.2) is 0 Å². The van der Waals surface area contributed by atoms with E-state index in [-0.39, 0.29) is 11.8 Å². The zero-order valence-electron chi connectivity index (χ0n) is 12.1. The van der Waals surface area contributed by atoms with Crippen molar-refractivity contribution >= 4 is 22.8 Å². The van der Waals surface area contributed by atoms with E-state index in [4.69, 9.17) is 0 Å². The van der Waals surface area contributed by atoms with Gasteiger partial charge in [-0.1, -0.05) is 19.3 Å². The molecule has 0 heterocycles. The molecule has 20 heavy (non-hydrogen) atoms.